The Morgan fingerprint density at radius 3 is 2.24 bits per heavy atom. The van der Waals surface area contributed by atoms with E-state index in [1.165, 1.54) is 25.0 Å². The predicted molar refractivity (Wildman–Crippen MR) is 81.0 cm³/mol. The standard InChI is InChI=1S/C15H15Cl2NO3/c16-9-5-6-10(17)13(12(9)15(20)21)18-14(19)11-7-3-1-2-4-8(7)11/h5-8,11H,1-4H2,(H,18,19)(H,20,21). The largest absolute Gasteiger partial charge is 0.478 e. The minimum Gasteiger partial charge on any atom is -0.478 e. The normalized spacial score (nSPS) is 26.9. The van der Waals surface area contributed by atoms with Gasteiger partial charge in [0, 0.05) is 5.92 Å². The number of hydrogen-bond acceptors (Lipinski definition) is 2. The summed E-state index contributed by atoms with van der Waals surface area (Å²) in [6.45, 7) is 0. The van der Waals surface area contributed by atoms with Crippen LogP contribution in [0.15, 0.2) is 12.1 Å². The van der Waals surface area contributed by atoms with Crippen LogP contribution >= 0.6 is 23.2 Å². The van der Waals surface area contributed by atoms with Gasteiger partial charge in [-0.15, -0.1) is 0 Å². The van der Waals surface area contributed by atoms with Gasteiger partial charge >= 0.3 is 5.97 Å². The molecule has 0 radical (unpaired) electrons. The van der Waals surface area contributed by atoms with Gasteiger partial charge < -0.3 is 10.4 Å². The van der Waals surface area contributed by atoms with Crippen LogP contribution in [0.2, 0.25) is 10.0 Å². The Balaban J connectivity index is 1.83. The Morgan fingerprint density at radius 2 is 1.67 bits per heavy atom. The first-order valence-electron chi connectivity index (χ1n) is 7.03. The van der Waals surface area contributed by atoms with Gasteiger partial charge in [-0.1, -0.05) is 36.0 Å². The maximum Gasteiger partial charge on any atom is 0.339 e. The molecule has 2 unspecified atom stereocenters. The SMILES string of the molecule is O=C(O)c1c(Cl)ccc(Cl)c1NC(=O)C1C2CCCCC21. The fourth-order valence-electron chi connectivity index (χ4n) is 3.47. The van der Waals surface area contributed by atoms with Gasteiger partial charge in [0.25, 0.3) is 0 Å². The number of hydrogen-bond donors (Lipinski definition) is 2. The first-order valence-corrected chi connectivity index (χ1v) is 7.78. The molecule has 0 heterocycles. The van der Waals surface area contributed by atoms with E-state index in [4.69, 9.17) is 23.2 Å². The average Bonchev–Trinajstić information content (AvgIpc) is 3.16. The highest BCUT2D eigenvalue weighted by molar-refractivity contribution is 6.38. The van der Waals surface area contributed by atoms with Crippen LogP contribution in [0.1, 0.15) is 36.0 Å². The molecule has 0 saturated heterocycles. The van der Waals surface area contributed by atoms with Crippen molar-refractivity contribution in [2.24, 2.45) is 17.8 Å². The van der Waals surface area contributed by atoms with E-state index in [1.54, 1.807) is 0 Å². The Hall–Kier alpha value is -1.26. The number of halogens is 2. The molecule has 1 amide bonds. The summed E-state index contributed by atoms with van der Waals surface area (Å²) in [5.74, 6) is -0.455. The lowest BCUT2D eigenvalue weighted by atomic mass is 10.0. The fourth-order valence-corrected chi connectivity index (χ4v) is 3.91. The van der Waals surface area contributed by atoms with Crippen molar-refractivity contribution in [2.75, 3.05) is 5.32 Å². The van der Waals surface area contributed by atoms with E-state index in [0.717, 1.165) is 12.8 Å². The third-order valence-electron chi connectivity index (χ3n) is 4.52. The molecule has 6 heteroatoms. The molecule has 112 valence electrons. The molecule has 0 aromatic heterocycles. The first kappa shape index (κ1) is 14.7. The van der Waals surface area contributed by atoms with E-state index in [9.17, 15) is 14.7 Å². The number of anilines is 1. The van der Waals surface area contributed by atoms with Crippen molar-refractivity contribution in [1.29, 1.82) is 0 Å². The molecule has 21 heavy (non-hydrogen) atoms. The number of benzene rings is 1. The van der Waals surface area contributed by atoms with Gasteiger partial charge in [-0.2, -0.15) is 0 Å². The highest BCUT2D eigenvalue weighted by atomic mass is 35.5. The van der Waals surface area contributed by atoms with Crippen molar-refractivity contribution in [3.63, 3.8) is 0 Å². The molecule has 2 aliphatic carbocycles. The number of carbonyl (C=O) groups is 2. The quantitative estimate of drug-likeness (QED) is 0.879. The van der Waals surface area contributed by atoms with Crippen molar-refractivity contribution in [3.05, 3.63) is 27.7 Å². The van der Waals surface area contributed by atoms with Gasteiger partial charge in [0.2, 0.25) is 5.91 Å². The van der Waals surface area contributed by atoms with Crippen LogP contribution in [0, 0.1) is 17.8 Å². The Bertz CT molecular complexity index is 605. The van der Waals surface area contributed by atoms with Crippen LogP contribution in [0.5, 0.6) is 0 Å². The molecule has 0 aliphatic heterocycles. The van der Waals surface area contributed by atoms with E-state index in [1.807, 2.05) is 0 Å². The topological polar surface area (TPSA) is 66.4 Å². The number of rotatable bonds is 3. The molecule has 3 rings (SSSR count). The van der Waals surface area contributed by atoms with Crippen molar-refractivity contribution >= 4 is 40.8 Å². The van der Waals surface area contributed by atoms with E-state index < -0.39 is 5.97 Å². The van der Waals surface area contributed by atoms with Crippen LogP contribution in [-0.2, 0) is 4.79 Å². The van der Waals surface area contributed by atoms with Gasteiger partial charge in [0.1, 0.15) is 5.56 Å². The van der Waals surface area contributed by atoms with Crippen LogP contribution in [0.25, 0.3) is 0 Å². The molecule has 1 aromatic carbocycles. The molecular weight excluding hydrogens is 313 g/mol. The summed E-state index contributed by atoms with van der Waals surface area (Å²) in [6.07, 6.45) is 4.50. The van der Waals surface area contributed by atoms with Gasteiger partial charge in [-0.25, -0.2) is 4.79 Å². The molecule has 2 fully saturated rings. The Morgan fingerprint density at radius 1 is 1.10 bits per heavy atom. The summed E-state index contributed by atoms with van der Waals surface area (Å²) in [4.78, 5) is 23.7. The number of carbonyl (C=O) groups excluding carboxylic acids is 1. The van der Waals surface area contributed by atoms with Crippen molar-refractivity contribution in [2.45, 2.75) is 25.7 Å². The minimum atomic E-state index is -1.20. The highest BCUT2D eigenvalue weighted by Crippen LogP contribution is 2.55. The fraction of sp³-hybridized carbons (Fsp3) is 0.467. The summed E-state index contributed by atoms with van der Waals surface area (Å²) in [5.41, 5.74) is -0.0496. The zero-order chi connectivity index (χ0) is 15.1. The number of carboxylic acids is 1. The van der Waals surface area contributed by atoms with Crippen LogP contribution in [-0.4, -0.2) is 17.0 Å². The third kappa shape index (κ3) is 2.62. The second-order valence-electron chi connectivity index (χ2n) is 5.71. The first-order chi connectivity index (χ1) is 10.0. The maximum absolute atomic E-state index is 12.4. The predicted octanol–water partition coefficient (Wildman–Crippen LogP) is 4.07. The van der Waals surface area contributed by atoms with Gasteiger partial charge in [-0.3, -0.25) is 4.79 Å². The smallest absolute Gasteiger partial charge is 0.339 e. The Kier molecular flexibility index (Phi) is 3.84. The number of carboxylic acid groups (broad SMARTS) is 1. The maximum atomic E-state index is 12.4. The molecule has 2 N–H and O–H groups in total. The number of amides is 1. The number of nitrogens with one attached hydrogen (secondary N) is 1. The molecule has 2 saturated carbocycles. The Labute approximate surface area is 132 Å². The van der Waals surface area contributed by atoms with E-state index >= 15 is 0 Å². The number of aromatic carboxylic acids is 1. The van der Waals surface area contributed by atoms with Crippen LogP contribution in [0.3, 0.4) is 0 Å². The highest BCUT2D eigenvalue weighted by Gasteiger charge is 2.54. The van der Waals surface area contributed by atoms with Gasteiger partial charge in [0.15, 0.2) is 0 Å². The summed E-state index contributed by atoms with van der Waals surface area (Å²) in [5, 5.41) is 12.2. The molecule has 4 nitrogen and oxygen atoms in total. The molecule has 0 spiro atoms. The minimum absolute atomic E-state index is 0.0100. The third-order valence-corrected chi connectivity index (χ3v) is 5.15. The zero-order valence-electron chi connectivity index (χ0n) is 11.2. The average molecular weight is 328 g/mol. The second kappa shape index (κ2) is 5.50. The van der Waals surface area contributed by atoms with Crippen molar-refractivity contribution in [1.82, 2.24) is 0 Å². The lowest BCUT2D eigenvalue weighted by molar-refractivity contribution is -0.117. The van der Waals surface area contributed by atoms with Crippen LogP contribution in [0.4, 0.5) is 5.69 Å². The van der Waals surface area contributed by atoms with Gasteiger partial charge in [-0.05, 0) is 36.8 Å². The van der Waals surface area contributed by atoms with E-state index in [0.29, 0.717) is 11.8 Å². The molecular formula is C15H15Cl2NO3. The monoisotopic (exact) mass is 327 g/mol. The van der Waals surface area contributed by atoms with Crippen LogP contribution < -0.4 is 5.32 Å². The van der Waals surface area contributed by atoms with Crippen molar-refractivity contribution in [3.8, 4) is 0 Å². The number of fused-ring (bicyclic) bond motifs is 1. The summed E-state index contributed by atoms with van der Waals surface area (Å²) >= 11 is 11.9. The van der Waals surface area contributed by atoms with Gasteiger partial charge in [0.05, 0.1) is 15.7 Å². The van der Waals surface area contributed by atoms with E-state index in [-0.39, 0.29) is 33.1 Å². The van der Waals surface area contributed by atoms with Crippen molar-refractivity contribution < 1.29 is 14.7 Å². The lowest BCUT2D eigenvalue weighted by Gasteiger charge is -2.11. The summed E-state index contributed by atoms with van der Waals surface area (Å²) in [6, 6.07) is 2.91. The summed E-state index contributed by atoms with van der Waals surface area (Å²) in [7, 11) is 0. The zero-order valence-corrected chi connectivity index (χ0v) is 12.7. The summed E-state index contributed by atoms with van der Waals surface area (Å²) < 4.78 is 0. The molecule has 2 atom stereocenters. The second-order valence-corrected chi connectivity index (χ2v) is 6.53. The molecule has 0 bridgehead atoms. The molecule has 1 aromatic rings. The molecule has 2 aliphatic rings. The van der Waals surface area contributed by atoms with E-state index in [2.05, 4.69) is 5.32 Å². The lowest BCUT2D eigenvalue weighted by Crippen LogP contribution is -2.18.